The Morgan fingerprint density at radius 3 is 2.76 bits per heavy atom. The van der Waals surface area contributed by atoms with Gasteiger partial charge in [0.05, 0.1) is 13.7 Å². The summed E-state index contributed by atoms with van der Waals surface area (Å²) < 4.78 is 45.7. The molecule has 158 valence electrons. The molecule has 29 heavy (non-hydrogen) atoms. The first-order valence-electron chi connectivity index (χ1n) is 9.09. The maximum absolute atomic E-state index is 13.9. The lowest BCUT2D eigenvalue weighted by molar-refractivity contribution is 0.385. The minimum absolute atomic E-state index is 0.106. The summed E-state index contributed by atoms with van der Waals surface area (Å²) in [6.45, 7) is 3.37. The first-order valence-corrected chi connectivity index (χ1v) is 10.6. The molecule has 0 saturated carbocycles. The summed E-state index contributed by atoms with van der Waals surface area (Å²) in [6.07, 6.45) is 2.80. The van der Waals surface area contributed by atoms with Crippen LogP contribution in [0.3, 0.4) is 0 Å². The molecular weight excluding hydrogens is 397 g/mol. The zero-order valence-electron chi connectivity index (χ0n) is 16.7. The van der Waals surface area contributed by atoms with E-state index >= 15 is 0 Å². The smallest absolute Gasteiger partial charge is 0.242 e. The van der Waals surface area contributed by atoms with E-state index < -0.39 is 15.8 Å². The van der Waals surface area contributed by atoms with Gasteiger partial charge in [-0.3, -0.25) is 9.98 Å². The molecular formula is C19H26FN5O3S. The maximum atomic E-state index is 13.9. The van der Waals surface area contributed by atoms with E-state index in [0.717, 1.165) is 5.56 Å². The number of sulfonamides is 1. The van der Waals surface area contributed by atoms with E-state index in [2.05, 4.69) is 20.0 Å². The summed E-state index contributed by atoms with van der Waals surface area (Å²) in [7, 11) is -0.378. The number of nitrogens with zero attached hydrogens (tertiary/aromatic N) is 3. The standard InChI is InChI=1S/C19H26FN5O3S/c1-4-22-19(25(2)14-15-7-8-18(28-3)17(20)12-15)23-10-11-24-29(26,27)16-6-5-9-21-13-16/h5-9,12-13,24H,4,10-11,14H2,1-3H3,(H,22,23). The minimum atomic E-state index is -3.62. The van der Waals surface area contributed by atoms with Gasteiger partial charge in [-0.2, -0.15) is 0 Å². The van der Waals surface area contributed by atoms with Gasteiger partial charge in [0.1, 0.15) is 4.90 Å². The lowest BCUT2D eigenvalue weighted by atomic mass is 10.2. The first-order chi connectivity index (χ1) is 13.9. The molecule has 0 fully saturated rings. The SMILES string of the molecule is CCNC(=NCCNS(=O)(=O)c1cccnc1)N(C)Cc1ccc(OC)c(F)c1. The van der Waals surface area contributed by atoms with Gasteiger partial charge < -0.3 is 15.0 Å². The molecule has 2 N–H and O–H groups in total. The van der Waals surface area contributed by atoms with Crippen molar-refractivity contribution in [3.63, 3.8) is 0 Å². The normalized spacial score (nSPS) is 11.9. The number of methoxy groups -OCH3 is 1. The third-order valence-corrected chi connectivity index (χ3v) is 5.39. The Bertz CT molecular complexity index is 923. The second kappa shape index (κ2) is 10.7. The van der Waals surface area contributed by atoms with Crippen LogP contribution in [-0.4, -0.2) is 58.1 Å². The Labute approximate surface area is 170 Å². The number of nitrogens with one attached hydrogen (secondary N) is 2. The lowest BCUT2D eigenvalue weighted by Crippen LogP contribution is -2.39. The van der Waals surface area contributed by atoms with Crippen molar-refractivity contribution < 1.29 is 17.5 Å². The Morgan fingerprint density at radius 2 is 2.14 bits per heavy atom. The summed E-state index contributed by atoms with van der Waals surface area (Å²) >= 11 is 0. The van der Waals surface area contributed by atoms with Gasteiger partial charge in [0, 0.05) is 39.1 Å². The fourth-order valence-electron chi connectivity index (χ4n) is 2.56. The fourth-order valence-corrected chi connectivity index (χ4v) is 3.54. The van der Waals surface area contributed by atoms with Crippen LogP contribution >= 0.6 is 0 Å². The van der Waals surface area contributed by atoms with Gasteiger partial charge in [0.2, 0.25) is 10.0 Å². The van der Waals surface area contributed by atoms with Crippen molar-refractivity contribution in [1.82, 2.24) is 19.9 Å². The monoisotopic (exact) mass is 423 g/mol. The summed E-state index contributed by atoms with van der Waals surface area (Å²) in [5, 5.41) is 3.14. The number of aliphatic imine (C=N–C) groups is 1. The molecule has 0 saturated heterocycles. The van der Waals surface area contributed by atoms with Crippen molar-refractivity contribution in [1.29, 1.82) is 0 Å². The van der Waals surface area contributed by atoms with Gasteiger partial charge >= 0.3 is 0 Å². The third-order valence-electron chi connectivity index (χ3n) is 3.94. The van der Waals surface area contributed by atoms with Gasteiger partial charge in [-0.05, 0) is 36.8 Å². The first kappa shape index (κ1) is 22.6. The van der Waals surface area contributed by atoms with Gasteiger partial charge in [-0.1, -0.05) is 6.07 Å². The highest BCUT2D eigenvalue weighted by Gasteiger charge is 2.13. The lowest BCUT2D eigenvalue weighted by Gasteiger charge is -2.22. The number of benzene rings is 1. The predicted octanol–water partition coefficient (Wildman–Crippen LogP) is 1.61. The Kier molecular flexibility index (Phi) is 8.34. The van der Waals surface area contributed by atoms with Crippen molar-refractivity contribution in [2.24, 2.45) is 4.99 Å². The molecule has 0 aliphatic heterocycles. The van der Waals surface area contributed by atoms with E-state index in [0.29, 0.717) is 19.0 Å². The highest BCUT2D eigenvalue weighted by atomic mass is 32.2. The summed E-state index contributed by atoms with van der Waals surface area (Å²) in [4.78, 5) is 10.2. The largest absolute Gasteiger partial charge is 0.494 e. The molecule has 0 spiro atoms. The van der Waals surface area contributed by atoms with E-state index in [9.17, 15) is 12.8 Å². The molecule has 0 aliphatic carbocycles. The number of ether oxygens (including phenoxy) is 1. The molecule has 0 bridgehead atoms. The average Bonchev–Trinajstić information content (AvgIpc) is 2.71. The van der Waals surface area contributed by atoms with Crippen LogP contribution in [0.25, 0.3) is 0 Å². The molecule has 0 unspecified atom stereocenters. The van der Waals surface area contributed by atoms with Crippen LogP contribution in [-0.2, 0) is 16.6 Å². The molecule has 0 aliphatic rings. The van der Waals surface area contributed by atoms with Gasteiger partial charge in [0.15, 0.2) is 17.5 Å². The second-order valence-electron chi connectivity index (χ2n) is 6.15. The summed E-state index contributed by atoms with van der Waals surface area (Å²) in [5.74, 6) is 0.354. The van der Waals surface area contributed by atoms with E-state index in [4.69, 9.17) is 4.74 Å². The Morgan fingerprint density at radius 1 is 1.34 bits per heavy atom. The molecule has 2 rings (SSSR count). The van der Waals surface area contributed by atoms with Gasteiger partial charge in [0.25, 0.3) is 0 Å². The number of aromatic nitrogens is 1. The van der Waals surface area contributed by atoms with Crippen molar-refractivity contribution in [3.8, 4) is 5.75 Å². The molecule has 1 aromatic heterocycles. The topological polar surface area (TPSA) is 95.9 Å². The van der Waals surface area contributed by atoms with Crippen molar-refractivity contribution >= 4 is 16.0 Å². The van der Waals surface area contributed by atoms with E-state index in [1.54, 1.807) is 18.2 Å². The Hall–Kier alpha value is -2.72. The third kappa shape index (κ3) is 6.68. The highest BCUT2D eigenvalue weighted by Crippen LogP contribution is 2.18. The number of hydrogen-bond donors (Lipinski definition) is 2. The quantitative estimate of drug-likeness (QED) is 0.361. The van der Waals surface area contributed by atoms with Crippen molar-refractivity contribution in [3.05, 3.63) is 54.1 Å². The number of hydrogen-bond acceptors (Lipinski definition) is 5. The van der Waals surface area contributed by atoms with E-state index in [1.165, 1.54) is 31.6 Å². The molecule has 2 aromatic rings. The van der Waals surface area contributed by atoms with E-state index in [-0.39, 0.29) is 23.7 Å². The number of halogens is 1. The van der Waals surface area contributed by atoms with Crippen LogP contribution in [0.15, 0.2) is 52.6 Å². The van der Waals surface area contributed by atoms with Crippen LogP contribution in [0.2, 0.25) is 0 Å². The Balaban J connectivity index is 1.97. The summed E-state index contributed by atoms with van der Waals surface area (Å²) in [5.41, 5.74) is 0.758. The number of pyridine rings is 1. The number of rotatable bonds is 9. The van der Waals surface area contributed by atoms with Crippen LogP contribution < -0.4 is 14.8 Å². The highest BCUT2D eigenvalue weighted by molar-refractivity contribution is 7.89. The minimum Gasteiger partial charge on any atom is -0.494 e. The van der Waals surface area contributed by atoms with Gasteiger partial charge in [-0.25, -0.2) is 17.5 Å². The molecule has 0 atom stereocenters. The van der Waals surface area contributed by atoms with Crippen molar-refractivity contribution in [2.45, 2.75) is 18.4 Å². The molecule has 1 aromatic carbocycles. The van der Waals surface area contributed by atoms with Crippen LogP contribution in [0, 0.1) is 5.82 Å². The maximum Gasteiger partial charge on any atom is 0.242 e. The van der Waals surface area contributed by atoms with Crippen molar-refractivity contribution in [2.75, 3.05) is 33.8 Å². The zero-order chi connectivity index (χ0) is 21.3. The molecule has 8 nitrogen and oxygen atoms in total. The molecule has 0 radical (unpaired) electrons. The van der Waals surface area contributed by atoms with E-state index in [1.807, 2.05) is 18.9 Å². The molecule has 10 heteroatoms. The second-order valence-corrected chi connectivity index (χ2v) is 7.91. The zero-order valence-corrected chi connectivity index (χ0v) is 17.5. The predicted molar refractivity (Wildman–Crippen MR) is 110 cm³/mol. The van der Waals surface area contributed by atoms with Crippen LogP contribution in [0.5, 0.6) is 5.75 Å². The fraction of sp³-hybridized carbons (Fsp3) is 0.368. The van der Waals surface area contributed by atoms with Gasteiger partial charge in [-0.15, -0.1) is 0 Å². The number of guanidine groups is 1. The average molecular weight is 424 g/mol. The van der Waals surface area contributed by atoms with Crippen LogP contribution in [0.1, 0.15) is 12.5 Å². The van der Waals surface area contributed by atoms with Crippen LogP contribution in [0.4, 0.5) is 4.39 Å². The molecule has 1 heterocycles. The summed E-state index contributed by atoms with van der Waals surface area (Å²) in [6, 6.07) is 7.82. The molecule has 0 amide bonds.